The maximum Gasteiger partial charge on any atom is 0.316 e. The Bertz CT molecular complexity index is 706. The van der Waals surface area contributed by atoms with E-state index >= 15 is 0 Å². The number of likely N-dealkylation sites (tertiary alicyclic amines) is 1. The summed E-state index contributed by atoms with van der Waals surface area (Å²) in [6, 6.07) is 8.06. The third kappa shape index (κ3) is 4.03. The van der Waals surface area contributed by atoms with E-state index in [4.69, 9.17) is 4.74 Å². The van der Waals surface area contributed by atoms with Crippen LogP contribution < -0.4 is 4.74 Å². The van der Waals surface area contributed by atoms with Crippen molar-refractivity contribution in [3.63, 3.8) is 0 Å². The van der Waals surface area contributed by atoms with E-state index in [1.807, 2.05) is 29.2 Å². The van der Waals surface area contributed by atoms with Crippen LogP contribution in [-0.4, -0.2) is 40.0 Å². The van der Waals surface area contributed by atoms with Gasteiger partial charge in [0.2, 0.25) is 0 Å². The standard InChI is InChI=1S/C18H20IN3O2/c1-2-13-10-20-18(21-11-13)24-14-6-5-9-22(12-14)17(23)15-7-3-4-8-16(15)19/h3-4,7-8,10-11,14H,2,5-6,9,12H2,1H3. The predicted octanol–water partition coefficient (Wildman–Crippen LogP) is 3.33. The van der Waals surface area contributed by atoms with Crippen molar-refractivity contribution < 1.29 is 9.53 Å². The molecule has 1 saturated heterocycles. The molecule has 2 aromatic rings. The van der Waals surface area contributed by atoms with Crippen molar-refractivity contribution in [1.82, 2.24) is 14.9 Å². The Morgan fingerprint density at radius 1 is 1.33 bits per heavy atom. The van der Waals surface area contributed by atoms with Crippen molar-refractivity contribution in [2.45, 2.75) is 32.3 Å². The summed E-state index contributed by atoms with van der Waals surface area (Å²) in [5, 5.41) is 0. The largest absolute Gasteiger partial charge is 0.458 e. The Morgan fingerprint density at radius 3 is 2.79 bits per heavy atom. The van der Waals surface area contributed by atoms with Gasteiger partial charge in [-0.25, -0.2) is 9.97 Å². The van der Waals surface area contributed by atoms with Gasteiger partial charge < -0.3 is 9.64 Å². The fraction of sp³-hybridized carbons (Fsp3) is 0.389. The van der Waals surface area contributed by atoms with Crippen LogP contribution in [0, 0.1) is 3.57 Å². The summed E-state index contributed by atoms with van der Waals surface area (Å²) in [6.45, 7) is 3.40. The minimum Gasteiger partial charge on any atom is -0.458 e. The first-order chi connectivity index (χ1) is 11.7. The van der Waals surface area contributed by atoms with Gasteiger partial charge in [-0.15, -0.1) is 0 Å². The molecule has 1 amide bonds. The molecule has 0 spiro atoms. The summed E-state index contributed by atoms with van der Waals surface area (Å²) in [5.41, 5.74) is 1.84. The van der Waals surface area contributed by atoms with Gasteiger partial charge in [0.1, 0.15) is 6.10 Å². The number of piperidine rings is 1. The number of rotatable bonds is 4. The zero-order valence-electron chi connectivity index (χ0n) is 13.6. The molecule has 1 aliphatic rings. The van der Waals surface area contributed by atoms with Crippen LogP contribution in [0.15, 0.2) is 36.7 Å². The summed E-state index contributed by atoms with van der Waals surface area (Å²) in [4.78, 5) is 23.1. The summed E-state index contributed by atoms with van der Waals surface area (Å²) in [6.07, 6.45) is 6.26. The van der Waals surface area contributed by atoms with Crippen LogP contribution in [0.3, 0.4) is 0 Å². The van der Waals surface area contributed by atoms with Gasteiger partial charge in [-0.1, -0.05) is 19.1 Å². The number of hydrogen-bond acceptors (Lipinski definition) is 4. The Balaban J connectivity index is 1.65. The lowest BCUT2D eigenvalue weighted by molar-refractivity contribution is 0.0515. The lowest BCUT2D eigenvalue weighted by atomic mass is 10.1. The van der Waals surface area contributed by atoms with Crippen LogP contribution in [0.4, 0.5) is 0 Å². The summed E-state index contributed by atoms with van der Waals surface area (Å²) < 4.78 is 6.86. The highest BCUT2D eigenvalue weighted by molar-refractivity contribution is 14.1. The van der Waals surface area contributed by atoms with Gasteiger partial charge in [-0.3, -0.25) is 4.79 Å². The molecule has 1 aromatic heterocycles. The molecule has 24 heavy (non-hydrogen) atoms. The smallest absolute Gasteiger partial charge is 0.316 e. The minimum absolute atomic E-state index is 0.0588. The molecule has 2 heterocycles. The van der Waals surface area contributed by atoms with Gasteiger partial charge in [-0.2, -0.15) is 0 Å². The van der Waals surface area contributed by atoms with Crippen LogP contribution in [0.1, 0.15) is 35.7 Å². The van der Waals surface area contributed by atoms with E-state index in [2.05, 4.69) is 39.5 Å². The highest BCUT2D eigenvalue weighted by Crippen LogP contribution is 2.20. The molecular weight excluding hydrogens is 417 g/mol. The van der Waals surface area contributed by atoms with Gasteiger partial charge in [0.15, 0.2) is 0 Å². The topological polar surface area (TPSA) is 55.3 Å². The zero-order chi connectivity index (χ0) is 16.9. The third-order valence-electron chi connectivity index (χ3n) is 4.13. The number of aryl methyl sites for hydroxylation is 1. The van der Waals surface area contributed by atoms with Crippen molar-refractivity contribution in [1.29, 1.82) is 0 Å². The van der Waals surface area contributed by atoms with Crippen molar-refractivity contribution in [3.05, 3.63) is 51.4 Å². The van der Waals surface area contributed by atoms with Crippen molar-refractivity contribution in [2.75, 3.05) is 13.1 Å². The minimum atomic E-state index is -0.0588. The summed E-state index contributed by atoms with van der Waals surface area (Å²) in [7, 11) is 0. The van der Waals surface area contributed by atoms with Crippen LogP contribution in [0.5, 0.6) is 6.01 Å². The van der Waals surface area contributed by atoms with Gasteiger partial charge in [0, 0.05) is 22.5 Å². The Labute approximate surface area is 155 Å². The van der Waals surface area contributed by atoms with E-state index in [9.17, 15) is 4.79 Å². The van der Waals surface area contributed by atoms with E-state index in [1.54, 1.807) is 12.4 Å². The van der Waals surface area contributed by atoms with Crippen molar-refractivity contribution >= 4 is 28.5 Å². The second kappa shape index (κ2) is 7.92. The molecule has 5 nitrogen and oxygen atoms in total. The number of carbonyl (C=O) groups is 1. The molecule has 1 unspecified atom stereocenters. The van der Waals surface area contributed by atoms with Crippen molar-refractivity contribution in [3.8, 4) is 6.01 Å². The maximum absolute atomic E-state index is 12.7. The Hall–Kier alpha value is -1.70. The monoisotopic (exact) mass is 437 g/mol. The molecule has 1 aliphatic heterocycles. The molecule has 0 bridgehead atoms. The lowest BCUT2D eigenvalue weighted by Crippen LogP contribution is -2.44. The molecule has 1 aromatic carbocycles. The second-order valence-electron chi connectivity index (χ2n) is 5.84. The second-order valence-corrected chi connectivity index (χ2v) is 7.00. The summed E-state index contributed by atoms with van der Waals surface area (Å²) in [5.74, 6) is 0.0653. The zero-order valence-corrected chi connectivity index (χ0v) is 15.8. The molecular formula is C18H20IN3O2. The van der Waals surface area contributed by atoms with E-state index in [-0.39, 0.29) is 12.0 Å². The first-order valence-corrected chi connectivity index (χ1v) is 9.26. The third-order valence-corrected chi connectivity index (χ3v) is 5.07. The van der Waals surface area contributed by atoms with Crippen LogP contribution in [0.2, 0.25) is 0 Å². The quantitative estimate of drug-likeness (QED) is 0.689. The van der Waals surface area contributed by atoms with Crippen LogP contribution in [-0.2, 0) is 6.42 Å². The fourth-order valence-electron chi connectivity index (χ4n) is 2.76. The summed E-state index contributed by atoms with van der Waals surface area (Å²) >= 11 is 2.20. The van der Waals surface area contributed by atoms with Crippen LogP contribution >= 0.6 is 22.6 Å². The maximum atomic E-state index is 12.7. The Morgan fingerprint density at radius 2 is 2.08 bits per heavy atom. The number of ether oxygens (including phenoxy) is 1. The molecule has 126 valence electrons. The predicted molar refractivity (Wildman–Crippen MR) is 100 cm³/mol. The number of benzene rings is 1. The molecule has 1 fully saturated rings. The average Bonchev–Trinajstić information content (AvgIpc) is 2.62. The SMILES string of the molecule is CCc1cnc(OC2CCCN(C(=O)c3ccccc3I)C2)nc1. The molecule has 6 heteroatoms. The van der Waals surface area contributed by atoms with E-state index in [0.717, 1.165) is 40.5 Å². The normalized spacial score (nSPS) is 17.6. The molecule has 0 radical (unpaired) electrons. The highest BCUT2D eigenvalue weighted by Gasteiger charge is 2.27. The van der Waals surface area contributed by atoms with E-state index < -0.39 is 0 Å². The molecule has 0 N–H and O–H groups in total. The van der Waals surface area contributed by atoms with Gasteiger partial charge in [0.05, 0.1) is 12.1 Å². The number of amides is 1. The number of nitrogens with zero attached hydrogens (tertiary/aromatic N) is 3. The van der Waals surface area contributed by atoms with Gasteiger partial charge in [-0.05, 0) is 59.5 Å². The first-order valence-electron chi connectivity index (χ1n) is 8.18. The van der Waals surface area contributed by atoms with E-state index in [1.165, 1.54) is 0 Å². The van der Waals surface area contributed by atoms with Gasteiger partial charge >= 0.3 is 6.01 Å². The fourth-order valence-corrected chi connectivity index (χ4v) is 3.38. The number of hydrogen-bond donors (Lipinski definition) is 0. The molecule has 0 saturated carbocycles. The number of aromatic nitrogens is 2. The average molecular weight is 437 g/mol. The van der Waals surface area contributed by atoms with Crippen LogP contribution in [0.25, 0.3) is 0 Å². The molecule has 1 atom stereocenters. The number of carbonyl (C=O) groups excluding carboxylic acids is 1. The highest BCUT2D eigenvalue weighted by atomic mass is 127. The lowest BCUT2D eigenvalue weighted by Gasteiger charge is -2.32. The first kappa shape index (κ1) is 17.1. The van der Waals surface area contributed by atoms with Gasteiger partial charge in [0.25, 0.3) is 5.91 Å². The van der Waals surface area contributed by atoms with E-state index in [0.29, 0.717) is 12.6 Å². The number of halogens is 1. The Kier molecular flexibility index (Phi) is 5.65. The van der Waals surface area contributed by atoms with Crippen molar-refractivity contribution in [2.24, 2.45) is 0 Å². The molecule has 0 aliphatic carbocycles. The molecule has 3 rings (SSSR count).